The Hall–Kier alpha value is -3.03. The summed E-state index contributed by atoms with van der Waals surface area (Å²) in [6.45, 7) is 3.19. The molecule has 2 N–H and O–H groups in total. The van der Waals surface area contributed by atoms with Crippen molar-refractivity contribution >= 4 is 17.9 Å². The molecule has 1 saturated heterocycles. The van der Waals surface area contributed by atoms with Crippen LogP contribution in [-0.2, 0) is 4.79 Å². The van der Waals surface area contributed by atoms with Gasteiger partial charge in [0, 0.05) is 50.7 Å². The highest BCUT2D eigenvalue weighted by molar-refractivity contribution is 6.05. The number of aromatic nitrogens is 1. The predicted octanol–water partition coefficient (Wildman–Crippen LogP) is 0.989. The quantitative estimate of drug-likeness (QED) is 0.730. The summed E-state index contributed by atoms with van der Waals surface area (Å²) in [4.78, 5) is 33.6. The van der Waals surface area contributed by atoms with Crippen molar-refractivity contribution in [3.63, 3.8) is 0 Å². The summed E-state index contributed by atoms with van der Waals surface area (Å²) < 4.78 is 0. The molecule has 7 heteroatoms. The van der Waals surface area contributed by atoms with Gasteiger partial charge in [-0.15, -0.1) is 0 Å². The third kappa shape index (κ3) is 5.25. The topological polar surface area (TPSA) is 85.8 Å². The van der Waals surface area contributed by atoms with E-state index in [0.29, 0.717) is 38.3 Å². The van der Waals surface area contributed by atoms with Gasteiger partial charge < -0.3 is 15.3 Å². The number of aliphatic hydroxyl groups excluding tert-OH is 1. The van der Waals surface area contributed by atoms with Crippen LogP contribution in [0.15, 0.2) is 60.6 Å². The second-order valence-corrected chi connectivity index (χ2v) is 6.52. The van der Waals surface area contributed by atoms with Crippen LogP contribution in [0, 0.1) is 0 Å². The highest BCUT2D eigenvalue weighted by Gasteiger charge is 2.24. The number of hydrogen-bond donors (Lipinski definition) is 2. The zero-order valence-corrected chi connectivity index (χ0v) is 15.6. The molecule has 0 bridgehead atoms. The first-order valence-corrected chi connectivity index (χ1v) is 9.28. The molecule has 0 atom stereocenters. The van der Waals surface area contributed by atoms with E-state index in [-0.39, 0.29) is 24.1 Å². The minimum Gasteiger partial charge on any atom is -0.395 e. The van der Waals surface area contributed by atoms with Gasteiger partial charge in [-0.05, 0) is 29.8 Å². The summed E-state index contributed by atoms with van der Waals surface area (Å²) >= 11 is 0. The molecule has 7 nitrogen and oxygen atoms in total. The number of hydrogen-bond acceptors (Lipinski definition) is 5. The molecule has 1 aromatic heterocycles. The Balaban J connectivity index is 1.77. The van der Waals surface area contributed by atoms with Crippen molar-refractivity contribution in [1.29, 1.82) is 0 Å². The molecule has 146 valence electrons. The van der Waals surface area contributed by atoms with Gasteiger partial charge in [-0.2, -0.15) is 0 Å². The van der Waals surface area contributed by atoms with E-state index in [0.717, 1.165) is 5.56 Å². The largest absolute Gasteiger partial charge is 0.395 e. The van der Waals surface area contributed by atoms with Crippen LogP contribution in [0.25, 0.3) is 6.08 Å². The van der Waals surface area contributed by atoms with Crippen molar-refractivity contribution in [1.82, 2.24) is 20.1 Å². The molecule has 0 saturated carbocycles. The van der Waals surface area contributed by atoms with Gasteiger partial charge in [0.2, 0.25) is 0 Å². The Morgan fingerprint density at radius 2 is 1.82 bits per heavy atom. The zero-order chi connectivity index (χ0) is 19.8. The van der Waals surface area contributed by atoms with Crippen LogP contribution in [0.1, 0.15) is 15.9 Å². The van der Waals surface area contributed by atoms with Gasteiger partial charge >= 0.3 is 0 Å². The molecule has 1 aliphatic heterocycles. The molecule has 0 spiro atoms. The Morgan fingerprint density at radius 1 is 1.07 bits per heavy atom. The van der Waals surface area contributed by atoms with Gasteiger partial charge in [-0.25, -0.2) is 0 Å². The molecule has 2 amide bonds. The lowest BCUT2D eigenvalue weighted by Crippen LogP contribution is -2.50. The highest BCUT2D eigenvalue weighted by atomic mass is 16.3. The van der Waals surface area contributed by atoms with Crippen LogP contribution in [0.4, 0.5) is 0 Å². The third-order valence-electron chi connectivity index (χ3n) is 4.59. The highest BCUT2D eigenvalue weighted by Crippen LogP contribution is 2.11. The first-order valence-electron chi connectivity index (χ1n) is 9.28. The van der Waals surface area contributed by atoms with E-state index in [1.165, 1.54) is 0 Å². The van der Waals surface area contributed by atoms with Crippen molar-refractivity contribution < 1.29 is 14.7 Å². The molecule has 2 aromatic rings. The normalized spacial score (nSPS) is 15.3. The Morgan fingerprint density at radius 3 is 2.46 bits per heavy atom. The molecular formula is C21H24N4O3. The summed E-state index contributed by atoms with van der Waals surface area (Å²) in [5.41, 5.74) is 1.44. The molecule has 2 heterocycles. The number of amides is 2. The van der Waals surface area contributed by atoms with Gasteiger partial charge in [-0.1, -0.05) is 24.3 Å². The Bertz CT molecular complexity index is 816. The number of nitrogens with zero attached hydrogens (tertiary/aromatic N) is 3. The average Bonchev–Trinajstić information content (AvgIpc) is 2.75. The molecule has 3 rings (SSSR count). The second-order valence-electron chi connectivity index (χ2n) is 6.52. The van der Waals surface area contributed by atoms with E-state index in [4.69, 9.17) is 5.11 Å². The number of carbonyl (C=O) groups is 2. The number of rotatable bonds is 6. The van der Waals surface area contributed by atoms with E-state index < -0.39 is 0 Å². The maximum absolute atomic E-state index is 13.1. The number of carbonyl (C=O) groups excluding carboxylic acids is 2. The van der Waals surface area contributed by atoms with Crippen molar-refractivity contribution in [2.24, 2.45) is 0 Å². The van der Waals surface area contributed by atoms with E-state index in [1.807, 2.05) is 12.1 Å². The molecule has 1 fully saturated rings. The molecule has 28 heavy (non-hydrogen) atoms. The lowest BCUT2D eigenvalue weighted by Gasteiger charge is -2.34. The van der Waals surface area contributed by atoms with Crippen LogP contribution in [0.3, 0.4) is 0 Å². The standard InChI is InChI=1S/C21H24N4O3/c26-14-13-24-9-11-25(12-10-24)21(28)19(15-17-5-4-8-22-16-17)23-20(27)18-6-2-1-3-7-18/h1-8,15-16,26H,9-14H2,(H,23,27). The number of nitrogens with one attached hydrogen (secondary N) is 1. The van der Waals surface area contributed by atoms with Crippen molar-refractivity contribution in [2.45, 2.75) is 0 Å². The predicted molar refractivity (Wildman–Crippen MR) is 106 cm³/mol. The zero-order valence-electron chi connectivity index (χ0n) is 15.6. The summed E-state index contributed by atoms with van der Waals surface area (Å²) in [5, 5.41) is 11.8. The summed E-state index contributed by atoms with van der Waals surface area (Å²) in [5.74, 6) is -0.556. The number of piperazine rings is 1. The molecule has 1 aromatic carbocycles. The molecule has 1 aliphatic rings. The van der Waals surface area contributed by atoms with Gasteiger partial charge in [-0.3, -0.25) is 19.5 Å². The van der Waals surface area contributed by atoms with Crippen LogP contribution in [0.2, 0.25) is 0 Å². The van der Waals surface area contributed by atoms with E-state index >= 15 is 0 Å². The van der Waals surface area contributed by atoms with Crippen LogP contribution in [0.5, 0.6) is 0 Å². The van der Waals surface area contributed by atoms with E-state index in [1.54, 1.807) is 53.7 Å². The smallest absolute Gasteiger partial charge is 0.270 e. The number of β-amino-alcohol motifs (C(OH)–C–C–N with tert-alkyl or cyclic N) is 1. The van der Waals surface area contributed by atoms with Crippen LogP contribution < -0.4 is 5.32 Å². The Labute approximate surface area is 164 Å². The summed E-state index contributed by atoms with van der Waals surface area (Å²) in [6.07, 6.45) is 4.94. The first kappa shape index (κ1) is 19.7. The second kappa shape index (κ2) is 9.77. The van der Waals surface area contributed by atoms with Gasteiger partial charge in [0.05, 0.1) is 6.61 Å². The van der Waals surface area contributed by atoms with Crippen LogP contribution in [-0.4, -0.2) is 71.0 Å². The minimum absolute atomic E-state index is 0.104. The fraction of sp³-hybridized carbons (Fsp3) is 0.286. The Kier molecular flexibility index (Phi) is 6.89. The fourth-order valence-corrected chi connectivity index (χ4v) is 3.05. The van der Waals surface area contributed by atoms with Gasteiger partial charge in [0.1, 0.15) is 5.70 Å². The van der Waals surface area contributed by atoms with Crippen LogP contribution >= 0.6 is 0 Å². The van der Waals surface area contributed by atoms with Crippen molar-refractivity contribution in [3.8, 4) is 0 Å². The van der Waals surface area contributed by atoms with Crippen molar-refractivity contribution in [3.05, 3.63) is 71.7 Å². The van der Waals surface area contributed by atoms with E-state index in [9.17, 15) is 9.59 Å². The molecule has 0 unspecified atom stereocenters. The summed E-state index contributed by atoms with van der Waals surface area (Å²) in [7, 11) is 0. The third-order valence-corrected chi connectivity index (χ3v) is 4.59. The maximum atomic E-state index is 13.1. The van der Waals surface area contributed by atoms with Crippen molar-refractivity contribution in [2.75, 3.05) is 39.3 Å². The first-order chi connectivity index (χ1) is 13.7. The van der Waals surface area contributed by atoms with Gasteiger partial charge in [0.25, 0.3) is 11.8 Å². The monoisotopic (exact) mass is 380 g/mol. The molecule has 0 aliphatic carbocycles. The fourth-order valence-electron chi connectivity index (χ4n) is 3.05. The maximum Gasteiger partial charge on any atom is 0.270 e. The minimum atomic E-state index is -0.331. The van der Waals surface area contributed by atoms with E-state index in [2.05, 4.69) is 15.2 Å². The summed E-state index contributed by atoms with van der Waals surface area (Å²) in [6, 6.07) is 12.4. The lowest BCUT2D eigenvalue weighted by molar-refractivity contribution is -0.129. The molecule has 0 radical (unpaired) electrons. The number of aliphatic hydroxyl groups is 1. The lowest BCUT2D eigenvalue weighted by atomic mass is 10.1. The van der Waals surface area contributed by atoms with Gasteiger partial charge in [0.15, 0.2) is 0 Å². The number of pyridine rings is 1. The molecular weight excluding hydrogens is 356 g/mol. The number of benzene rings is 1. The average molecular weight is 380 g/mol. The SMILES string of the molecule is O=C(NC(=Cc1cccnc1)C(=O)N1CCN(CCO)CC1)c1ccccc1.